The van der Waals surface area contributed by atoms with Gasteiger partial charge in [0.15, 0.2) is 0 Å². The second kappa shape index (κ2) is 6.07. The summed E-state index contributed by atoms with van der Waals surface area (Å²) in [6.45, 7) is 6.54. The number of nitrogens with zero attached hydrogens (tertiary/aromatic N) is 1. The van der Waals surface area contributed by atoms with Crippen molar-refractivity contribution in [1.82, 2.24) is 4.90 Å². The Kier molecular flexibility index (Phi) is 4.66. The molecule has 1 fully saturated rings. The van der Waals surface area contributed by atoms with Gasteiger partial charge in [-0.15, -0.1) is 0 Å². The SMILES string of the molecule is C=CC(=O)N1[C@H](C)COC[C@H]1c1cc(Cl)cc(Br)c1. The monoisotopic (exact) mass is 343 g/mol. The molecule has 1 aromatic rings. The number of ether oxygens (including phenoxy) is 1. The maximum absolute atomic E-state index is 12.0. The molecule has 1 heterocycles. The highest BCUT2D eigenvalue weighted by molar-refractivity contribution is 9.10. The zero-order valence-corrected chi connectivity index (χ0v) is 12.9. The molecule has 1 saturated heterocycles. The summed E-state index contributed by atoms with van der Waals surface area (Å²) in [4.78, 5) is 13.8. The van der Waals surface area contributed by atoms with Crippen LogP contribution in [0.3, 0.4) is 0 Å². The number of hydrogen-bond donors (Lipinski definition) is 0. The van der Waals surface area contributed by atoms with Gasteiger partial charge in [-0.3, -0.25) is 4.79 Å². The van der Waals surface area contributed by atoms with Crippen molar-refractivity contribution in [2.45, 2.75) is 19.0 Å². The second-order valence-electron chi connectivity index (χ2n) is 4.55. The van der Waals surface area contributed by atoms with E-state index in [1.54, 1.807) is 4.90 Å². The molecule has 1 aliphatic heterocycles. The zero-order valence-electron chi connectivity index (χ0n) is 10.6. The minimum Gasteiger partial charge on any atom is -0.377 e. The Morgan fingerprint density at radius 3 is 2.89 bits per heavy atom. The Labute approximate surface area is 126 Å². The Balaban J connectivity index is 2.38. The lowest BCUT2D eigenvalue weighted by Gasteiger charge is -2.40. The predicted octanol–water partition coefficient (Wildman–Crippen LogP) is 3.58. The van der Waals surface area contributed by atoms with Crippen molar-refractivity contribution >= 4 is 33.4 Å². The molecule has 0 unspecified atom stereocenters. The van der Waals surface area contributed by atoms with Crippen molar-refractivity contribution in [2.24, 2.45) is 0 Å². The number of hydrogen-bond acceptors (Lipinski definition) is 2. The first-order valence-corrected chi connectivity index (χ1v) is 7.18. The minimum atomic E-state index is -0.135. The van der Waals surface area contributed by atoms with Crippen LogP contribution < -0.4 is 0 Å². The average Bonchev–Trinajstić information content (AvgIpc) is 2.36. The Hall–Kier alpha value is -0.840. The highest BCUT2D eigenvalue weighted by Crippen LogP contribution is 2.31. The summed E-state index contributed by atoms with van der Waals surface area (Å²) in [5, 5.41) is 0.633. The van der Waals surface area contributed by atoms with Gasteiger partial charge in [0.2, 0.25) is 5.91 Å². The average molecular weight is 345 g/mol. The Morgan fingerprint density at radius 1 is 1.53 bits per heavy atom. The number of carbonyl (C=O) groups excluding carboxylic acids is 1. The lowest BCUT2D eigenvalue weighted by atomic mass is 10.0. The maximum atomic E-state index is 12.0. The van der Waals surface area contributed by atoms with E-state index in [-0.39, 0.29) is 18.0 Å². The van der Waals surface area contributed by atoms with Gasteiger partial charge in [-0.05, 0) is 36.8 Å². The summed E-state index contributed by atoms with van der Waals surface area (Å²) >= 11 is 9.49. The van der Waals surface area contributed by atoms with Gasteiger partial charge in [0, 0.05) is 9.50 Å². The van der Waals surface area contributed by atoms with Crippen molar-refractivity contribution in [3.63, 3.8) is 0 Å². The highest BCUT2D eigenvalue weighted by atomic mass is 79.9. The molecule has 2 atom stereocenters. The van der Waals surface area contributed by atoms with Crippen molar-refractivity contribution in [2.75, 3.05) is 13.2 Å². The number of benzene rings is 1. The van der Waals surface area contributed by atoms with Crippen LogP contribution in [0.15, 0.2) is 35.3 Å². The number of morpholine rings is 1. The van der Waals surface area contributed by atoms with Crippen molar-refractivity contribution in [1.29, 1.82) is 0 Å². The summed E-state index contributed by atoms with van der Waals surface area (Å²) in [5.41, 5.74) is 0.959. The standard InChI is InChI=1S/C14H15BrClNO2/c1-3-14(18)17-9(2)7-19-8-13(17)10-4-11(15)6-12(16)5-10/h3-6,9,13H,1,7-8H2,2H3/t9-,13+/m1/s1. The molecular formula is C14H15BrClNO2. The predicted molar refractivity (Wildman–Crippen MR) is 79.2 cm³/mol. The molecule has 0 spiro atoms. The van der Waals surface area contributed by atoms with E-state index in [0.29, 0.717) is 18.2 Å². The van der Waals surface area contributed by atoms with Gasteiger partial charge >= 0.3 is 0 Å². The van der Waals surface area contributed by atoms with Gasteiger partial charge in [-0.1, -0.05) is 34.1 Å². The molecule has 0 aliphatic carbocycles. The van der Waals surface area contributed by atoms with E-state index in [1.165, 1.54) is 6.08 Å². The number of amides is 1. The van der Waals surface area contributed by atoms with Crippen molar-refractivity contribution in [3.8, 4) is 0 Å². The molecule has 102 valence electrons. The van der Waals surface area contributed by atoms with Crippen LogP contribution in [0.25, 0.3) is 0 Å². The van der Waals surface area contributed by atoms with E-state index in [1.807, 2.05) is 25.1 Å². The summed E-state index contributed by atoms with van der Waals surface area (Å²) in [7, 11) is 0. The Bertz CT molecular complexity index is 486. The number of carbonyl (C=O) groups is 1. The molecule has 2 rings (SSSR count). The fourth-order valence-corrected chi connectivity index (χ4v) is 3.20. The summed E-state index contributed by atoms with van der Waals surface area (Å²) < 4.78 is 6.46. The topological polar surface area (TPSA) is 29.5 Å². The summed E-state index contributed by atoms with van der Waals surface area (Å²) in [6, 6.07) is 5.52. The molecule has 1 aliphatic rings. The van der Waals surface area contributed by atoms with Crippen LogP contribution in [0, 0.1) is 0 Å². The molecule has 1 amide bonds. The van der Waals surface area contributed by atoms with Crippen molar-refractivity contribution < 1.29 is 9.53 Å². The summed E-state index contributed by atoms with van der Waals surface area (Å²) in [5.74, 6) is -0.0862. The van der Waals surface area contributed by atoms with Crippen LogP contribution >= 0.6 is 27.5 Å². The molecule has 3 nitrogen and oxygen atoms in total. The Morgan fingerprint density at radius 2 is 2.26 bits per heavy atom. The fourth-order valence-electron chi connectivity index (χ4n) is 2.32. The largest absolute Gasteiger partial charge is 0.377 e. The highest BCUT2D eigenvalue weighted by Gasteiger charge is 2.32. The van der Waals surface area contributed by atoms with Gasteiger partial charge < -0.3 is 9.64 Å². The zero-order chi connectivity index (χ0) is 14.0. The third-order valence-electron chi connectivity index (χ3n) is 3.14. The van der Waals surface area contributed by atoms with Crippen LogP contribution in [0.4, 0.5) is 0 Å². The third-order valence-corrected chi connectivity index (χ3v) is 3.82. The third kappa shape index (κ3) is 3.19. The van der Waals surface area contributed by atoms with E-state index in [0.717, 1.165) is 10.0 Å². The van der Waals surface area contributed by atoms with Crippen LogP contribution in [0.1, 0.15) is 18.5 Å². The molecule has 0 bridgehead atoms. The van der Waals surface area contributed by atoms with Gasteiger partial charge in [0.1, 0.15) is 0 Å². The second-order valence-corrected chi connectivity index (χ2v) is 5.91. The first-order valence-electron chi connectivity index (χ1n) is 6.01. The van der Waals surface area contributed by atoms with E-state index in [9.17, 15) is 4.79 Å². The molecule has 19 heavy (non-hydrogen) atoms. The van der Waals surface area contributed by atoms with E-state index in [4.69, 9.17) is 16.3 Å². The van der Waals surface area contributed by atoms with Gasteiger partial charge in [-0.25, -0.2) is 0 Å². The first-order chi connectivity index (χ1) is 9.02. The molecule has 0 saturated carbocycles. The van der Waals surface area contributed by atoms with Crippen LogP contribution in [-0.4, -0.2) is 30.1 Å². The molecule has 5 heteroatoms. The smallest absolute Gasteiger partial charge is 0.246 e. The van der Waals surface area contributed by atoms with E-state index in [2.05, 4.69) is 22.5 Å². The fraction of sp³-hybridized carbons (Fsp3) is 0.357. The molecule has 0 aromatic heterocycles. The van der Waals surface area contributed by atoms with Crippen LogP contribution in [-0.2, 0) is 9.53 Å². The van der Waals surface area contributed by atoms with Crippen LogP contribution in [0.2, 0.25) is 5.02 Å². The number of halogens is 2. The van der Waals surface area contributed by atoms with Crippen LogP contribution in [0.5, 0.6) is 0 Å². The quantitative estimate of drug-likeness (QED) is 0.768. The van der Waals surface area contributed by atoms with E-state index < -0.39 is 0 Å². The van der Waals surface area contributed by atoms with Gasteiger partial charge in [-0.2, -0.15) is 0 Å². The normalized spacial score (nSPS) is 23.2. The van der Waals surface area contributed by atoms with Gasteiger partial charge in [0.05, 0.1) is 25.3 Å². The molecule has 1 aromatic carbocycles. The molecular weight excluding hydrogens is 330 g/mol. The maximum Gasteiger partial charge on any atom is 0.246 e. The molecule has 0 N–H and O–H groups in total. The lowest BCUT2D eigenvalue weighted by Crippen LogP contribution is -2.48. The first kappa shape index (κ1) is 14.6. The van der Waals surface area contributed by atoms with E-state index >= 15 is 0 Å². The van der Waals surface area contributed by atoms with Gasteiger partial charge in [0.25, 0.3) is 0 Å². The van der Waals surface area contributed by atoms with Crippen molar-refractivity contribution in [3.05, 3.63) is 45.9 Å². The summed E-state index contributed by atoms with van der Waals surface area (Å²) in [6.07, 6.45) is 1.34. The molecule has 0 radical (unpaired) electrons. The number of rotatable bonds is 2. The lowest BCUT2D eigenvalue weighted by molar-refractivity contribution is -0.140. The minimum absolute atomic E-state index is 0.0157.